The molecule has 1 fully saturated rings. The number of hydrogen-bond donors (Lipinski definition) is 0. The molecule has 0 aliphatic heterocycles. The highest BCUT2D eigenvalue weighted by molar-refractivity contribution is 4.95. The van der Waals surface area contributed by atoms with Crippen molar-refractivity contribution in [3.63, 3.8) is 0 Å². The molecular formula is C12H22N2. The molecule has 14 heavy (non-hydrogen) atoms. The molecule has 2 atom stereocenters. The monoisotopic (exact) mass is 194 g/mol. The highest BCUT2D eigenvalue weighted by Crippen LogP contribution is 2.33. The van der Waals surface area contributed by atoms with Crippen molar-refractivity contribution in [1.82, 2.24) is 4.90 Å². The molecule has 0 heterocycles. The van der Waals surface area contributed by atoms with Crippen LogP contribution in [-0.4, -0.2) is 25.0 Å². The van der Waals surface area contributed by atoms with E-state index in [0.29, 0.717) is 6.04 Å². The Morgan fingerprint density at radius 3 is 2.29 bits per heavy atom. The summed E-state index contributed by atoms with van der Waals surface area (Å²) < 4.78 is 0. The van der Waals surface area contributed by atoms with Crippen LogP contribution in [0.5, 0.6) is 0 Å². The molecule has 1 aliphatic rings. The Morgan fingerprint density at radius 1 is 1.36 bits per heavy atom. The Balaban J connectivity index is 2.67. The largest absolute Gasteiger partial charge is 0.305 e. The minimum Gasteiger partial charge on any atom is -0.305 e. The van der Waals surface area contributed by atoms with E-state index in [2.05, 4.69) is 32.0 Å². The van der Waals surface area contributed by atoms with Gasteiger partial charge in [0.05, 0.1) is 12.0 Å². The Kier molecular flexibility index (Phi) is 4.41. The molecule has 1 rings (SSSR count). The normalized spacial score (nSPS) is 22.2. The van der Waals surface area contributed by atoms with Crippen LogP contribution in [0.2, 0.25) is 0 Å². The molecule has 2 heteroatoms. The molecule has 80 valence electrons. The maximum atomic E-state index is 9.13. The summed E-state index contributed by atoms with van der Waals surface area (Å²) in [6, 6.07) is 2.95. The van der Waals surface area contributed by atoms with Crippen LogP contribution in [0.3, 0.4) is 0 Å². The van der Waals surface area contributed by atoms with E-state index in [1.165, 1.54) is 25.7 Å². The van der Waals surface area contributed by atoms with Crippen LogP contribution in [0.4, 0.5) is 0 Å². The predicted molar refractivity (Wildman–Crippen MR) is 58.8 cm³/mol. The first-order valence-corrected chi connectivity index (χ1v) is 5.76. The summed E-state index contributed by atoms with van der Waals surface area (Å²) in [4.78, 5) is 2.26. The van der Waals surface area contributed by atoms with Crippen molar-refractivity contribution in [2.75, 3.05) is 14.1 Å². The van der Waals surface area contributed by atoms with Crippen LogP contribution < -0.4 is 0 Å². The van der Waals surface area contributed by atoms with E-state index in [9.17, 15) is 0 Å². The number of nitrogens with zero attached hydrogens (tertiary/aromatic N) is 2. The van der Waals surface area contributed by atoms with E-state index in [4.69, 9.17) is 5.26 Å². The summed E-state index contributed by atoms with van der Waals surface area (Å²) in [5.74, 6) is 0.975. The zero-order chi connectivity index (χ0) is 10.6. The Morgan fingerprint density at radius 2 is 1.93 bits per heavy atom. The number of nitriles is 1. The molecule has 0 aromatic heterocycles. The topological polar surface area (TPSA) is 27.0 Å². The van der Waals surface area contributed by atoms with Gasteiger partial charge in [-0.1, -0.05) is 19.8 Å². The van der Waals surface area contributed by atoms with Crippen molar-refractivity contribution < 1.29 is 0 Å². The van der Waals surface area contributed by atoms with E-state index in [0.717, 1.165) is 12.3 Å². The lowest BCUT2D eigenvalue weighted by molar-refractivity contribution is 0.165. The van der Waals surface area contributed by atoms with Gasteiger partial charge in [-0.05, 0) is 39.3 Å². The van der Waals surface area contributed by atoms with Gasteiger partial charge in [0.25, 0.3) is 0 Å². The SMILES string of the molecule is CCC(C#N)C(C1CCCC1)N(C)C. The van der Waals surface area contributed by atoms with E-state index in [1.54, 1.807) is 0 Å². The number of rotatable bonds is 4. The van der Waals surface area contributed by atoms with Gasteiger partial charge in [-0.3, -0.25) is 0 Å². The minimum absolute atomic E-state index is 0.216. The molecule has 0 bridgehead atoms. The molecular weight excluding hydrogens is 172 g/mol. The molecule has 0 N–H and O–H groups in total. The highest BCUT2D eigenvalue weighted by Gasteiger charge is 2.32. The third kappa shape index (κ3) is 2.48. The van der Waals surface area contributed by atoms with Crippen LogP contribution in [0.25, 0.3) is 0 Å². The molecule has 2 unspecified atom stereocenters. The van der Waals surface area contributed by atoms with E-state index in [-0.39, 0.29) is 5.92 Å². The summed E-state index contributed by atoms with van der Waals surface area (Å²) in [7, 11) is 4.23. The third-order valence-corrected chi connectivity index (χ3v) is 3.50. The average molecular weight is 194 g/mol. The molecule has 1 aliphatic carbocycles. The van der Waals surface area contributed by atoms with Crippen LogP contribution in [-0.2, 0) is 0 Å². The van der Waals surface area contributed by atoms with Crippen LogP contribution in [0.15, 0.2) is 0 Å². The second kappa shape index (κ2) is 5.36. The summed E-state index contributed by atoms with van der Waals surface area (Å²) in [6.07, 6.45) is 6.34. The molecule has 0 amide bonds. The van der Waals surface area contributed by atoms with Crippen molar-refractivity contribution in [1.29, 1.82) is 5.26 Å². The van der Waals surface area contributed by atoms with Gasteiger partial charge in [-0.25, -0.2) is 0 Å². The highest BCUT2D eigenvalue weighted by atomic mass is 15.1. The molecule has 0 aromatic rings. The van der Waals surface area contributed by atoms with Gasteiger partial charge in [-0.2, -0.15) is 5.26 Å². The summed E-state index contributed by atoms with van der Waals surface area (Å²) >= 11 is 0. The number of hydrogen-bond acceptors (Lipinski definition) is 2. The van der Waals surface area contributed by atoms with Crippen molar-refractivity contribution in [2.45, 2.75) is 45.1 Å². The van der Waals surface area contributed by atoms with Gasteiger partial charge in [0, 0.05) is 6.04 Å². The molecule has 0 spiro atoms. The van der Waals surface area contributed by atoms with Gasteiger partial charge in [0.2, 0.25) is 0 Å². The van der Waals surface area contributed by atoms with E-state index < -0.39 is 0 Å². The fourth-order valence-electron chi connectivity index (χ4n) is 2.82. The standard InChI is InChI=1S/C12H22N2/c1-4-10(9-13)12(14(2)3)11-7-5-6-8-11/h10-12H,4-8H2,1-3H3. The molecule has 0 aromatic carbocycles. The fraction of sp³-hybridized carbons (Fsp3) is 0.917. The predicted octanol–water partition coefficient (Wildman–Crippen LogP) is 2.66. The van der Waals surface area contributed by atoms with Crippen molar-refractivity contribution in [3.8, 4) is 6.07 Å². The molecule has 2 nitrogen and oxygen atoms in total. The van der Waals surface area contributed by atoms with E-state index in [1.807, 2.05) is 0 Å². The first-order chi connectivity index (χ1) is 6.70. The van der Waals surface area contributed by atoms with Crippen LogP contribution in [0.1, 0.15) is 39.0 Å². The van der Waals surface area contributed by atoms with Crippen LogP contribution >= 0.6 is 0 Å². The zero-order valence-electron chi connectivity index (χ0n) is 9.66. The maximum absolute atomic E-state index is 9.13. The van der Waals surface area contributed by atoms with Crippen molar-refractivity contribution in [3.05, 3.63) is 0 Å². The molecule has 0 radical (unpaired) electrons. The van der Waals surface area contributed by atoms with Gasteiger partial charge < -0.3 is 4.90 Å². The van der Waals surface area contributed by atoms with Gasteiger partial charge in [0.1, 0.15) is 0 Å². The smallest absolute Gasteiger partial charge is 0.0672 e. The van der Waals surface area contributed by atoms with E-state index >= 15 is 0 Å². The van der Waals surface area contributed by atoms with Crippen LogP contribution in [0, 0.1) is 23.2 Å². The maximum Gasteiger partial charge on any atom is 0.0672 e. The molecule has 1 saturated carbocycles. The Hall–Kier alpha value is -0.550. The second-order valence-corrected chi connectivity index (χ2v) is 4.64. The lowest BCUT2D eigenvalue weighted by Crippen LogP contribution is -2.40. The first-order valence-electron chi connectivity index (χ1n) is 5.76. The quantitative estimate of drug-likeness (QED) is 0.688. The van der Waals surface area contributed by atoms with Crippen molar-refractivity contribution in [2.24, 2.45) is 11.8 Å². The average Bonchev–Trinajstić information content (AvgIpc) is 2.65. The fourth-order valence-corrected chi connectivity index (χ4v) is 2.82. The lowest BCUT2D eigenvalue weighted by atomic mass is 9.85. The van der Waals surface area contributed by atoms with Gasteiger partial charge in [-0.15, -0.1) is 0 Å². The third-order valence-electron chi connectivity index (χ3n) is 3.50. The molecule has 0 saturated heterocycles. The van der Waals surface area contributed by atoms with Gasteiger partial charge in [0.15, 0.2) is 0 Å². The van der Waals surface area contributed by atoms with Gasteiger partial charge >= 0.3 is 0 Å². The van der Waals surface area contributed by atoms with Crippen molar-refractivity contribution >= 4 is 0 Å². The first kappa shape index (κ1) is 11.5. The summed E-state index contributed by atoms with van der Waals surface area (Å²) in [5, 5.41) is 9.13. The lowest BCUT2D eigenvalue weighted by Gasteiger charge is -2.33. The Labute approximate surface area is 87.9 Å². The Bertz CT molecular complexity index is 199. The summed E-state index contributed by atoms with van der Waals surface area (Å²) in [6.45, 7) is 2.12. The second-order valence-electron chi connectivity index (χ2n) is 4.64. The zero-order valence-corrected chi connectivity index (χ0v) is 9.66. The summed E-state index contributed by atoms with van der Waals surface area (Å²) in [5.41, 5.74) is 0. The minimum atomic E-state index is 0.216.